The normalized spacial score (nSPS) is 11.3. The fourth-order valence-electron chi connectivity index (χ4n) is 2.31. The summed E-state index contributed by atoms with van der Waals surface area (Å²) in [4.78, 5) is 13.7. The largest absolute Gasteiger partial charge is 0.493 e. The lowest BCUT2D eigenvalue weighted by atomic mass is 10.1. The monoisotopic (exact) mass is 371 g/mol. The third-order valence-electron chi connectivity index (χ3n) is 3.65. The second-order valence-electron chi connectivity index (χ2n) is 5.72. The Kier molecular flexibility index (Phi) is 6.54. The molecule has 1 aromatic heterocycles. The van der Waals surface area contributed by atoms with Gasteiger partial charge in [0.05, 0.1) is 19.9 Å². The number of methoxy groups -OCH3 is 1. The molecule has 1 amide bonds. The van der Waals surface area contributed by atoms with Crippen molar-refractivity contribution in [3.8, 4) is 11.5 Å². The van der Waals surface area contributed by atoms with E-state index >= 15 is 0 Å². The summed E-state index contributed by atoms with van der Waals surface area (Å²) in [7, 11) is 3.03. The van der Waals surface area contributed by atoms with Crippen LogP contribution in [-0.2, 0) is 17.8 Å². The van der Waals surface area contributed by atoms with Gasteiger partial charge in [-0.3, -0.25) is 4.79 Å². The number of halogens is 3. The van der Waals surface area contributed by atoms with Gasteiger partial charge < -0.3 is 18.8 Å². The first-order chi connectivity index (χ1) is 12.3. The van der Waals surface area contributed by atoms with E-state index in [-0.39, 0.29) is 23.8 Å². The molecule has 0 N–H and O–H groups in total. The number of rotatable bonds is 8. The van der Waals surface area contributed by atoms with Gasteiger partial charge in [-0.25, -0.2) is 0 Å². The number of carbonyl (C=O) groups excluding carboxylic acids is 1. The Bertz CT molecular complexity index is 714. The predicted octanol–water partition coefficient (Wildman–Crippen LogP) is 3.82. The molecular weight excluding hydrogens is 351 g/mol. The van der Waals surface area contributed by atoms with Crippen molar-refractivity contribution in [2.75, 3.05) is 20.8 Å². The van der Waals surface area contributed by atoms with Crippen LogP contribution in [0.3, 0.4) is 0 Å². The maximum absolute atomic E-state index is 12.3. The molecule has 26 heavy (non-hydrogen) atoms. The molecule has 0 saturated carbocycles. The zero-order chi connectivity index (χ0) is 19.2. The predicted molar refractivity (Wildman–Crippen MR) is 88.0 cm³/mol. The Morgan fingerprint density at radius 2 is 2.00 bits per heavy atom. The minimum absolute atomic E-state index is 0.00911. The van der Waals surface area contributed by atoms with Gasteiger partial charge in [0.1, 0.15) is 5.76 Å². The van der Waals surface area contributed by atoms with Gasteiger partial charge >= 0.3 is 6.18 Å². The Balaban J connectivity index is 1.91. The fourth-order valence-corrected chi connectivity index (χ4v) is 2.31. The zero-order valence-corrected chi connectivity index (χ0v) is 14.5. The van der Waals surface area contributed by atoms with Gasteiger partial charge in [-0.1, -0.05) is 6.07 Å². The van der Waals surface area contributed by atoms with E-state index in [0.29, 0.717) is 18.7 Å². The van der Waals surface area contributed by atoms with E-state index < -0.39 is 12.8 Å². The second-order valence-corrected chi connectivity index (χ2v) is 5.72. The van der Waals surface area contributed by atoms with Gasteiger partial charge in [-0.2, -0.15) is 13.2 Å². The highest BCUT2D eigenvalue weighted by Crippen LogP contribution is 2.30. The van der Waals surface area contributed by atoms with Crippen LogP contribution in [0.25, 0.3) is 0 Å². The minimum atomic E-state index is -4.42. The SMILES string of the molecule is COc1cc(CCC(=O)N(C)Cc2ccco2)ccc1OCC(F)(F)F. The lowest BCUT2D eigenvalue weighted by molar-refractivity contribution is -0.153. The standard InChI is InChI=1S/C18H20F3NO4/c1-22(11-14-4-3-9-25-14)17(23)8-6-13-5-7-15(16(10-13)24-2)26-12-18(19,20)21/h3-5,7,9-10H,6,8,11-12H2,1-2H3. The molecule has 0 aliphatic heterocycles. The van der Waals surface area contributed by atoms with E-state index in [1.165, 1.54) is 13.2 Å². The maximum atomic E-state index is 12.3. The molecule has 8 heteroatoms. The summed E-state index contributed by atoms with van der Waals surface area (Å²) < 4.78 is 51.8. The number of furan rings is 1. The van der Waals surface area contributed by atoms with E-state index in [4.69, 9.17) is 13.9 Å². The quantitative estimate of drug-likeness (QED) is 0.708. The van der Waals surface area contributed by atoms with Crippen molar-refractivity contribution in [2.24, 2.45) is 0 Å². The molecule has 2 aromatic rings. The summed E-state index contributed by atoms with van der Waals surface area (Å²) in [6, 6.07) is 8.15. The summed E-state index contributed by atoms with van der Waals surface area (Å²) in [6.45, 7) is -1.02. The average Bonchev–Trinajstić information content (AvgIpc) is 3.10. The molecule has 0 fully saturated rings. The van der Waals surface area contributed by atoms with Crippen LogP contribution in [0, 0.1) is 0 Å². The molecular formula is C18H20F3NO4. The molecule has 1 heterocycles. The molecule has 2 rings (SSSR count). The minimum Gasteiger partial charge on any atom is -0.493 e. The Hall–Kier alpha value is -2.64. The molecule has 142 valence electrons. The van der Waals surface area contributed by atoms with Gasteiger partial charge in [0, 0.05) is 13.5 Å². The first kappa shape index (κ1) is 19.7. The summed E-state index contributed by atoms with van der Waals surface area (Å²) in [5.74, 6) is 0.824. The molecule has 0 aliphatic carbocycles. The molecule has 0 aliphatic rings. The van der Waals surface area contributed by atoms with Crippen LogP contribution in [0.5, 0.6) is 11.5 Å². The lowest BCUT2D eigenvalue weighted by Crippen LogP contribution is -2.26. The summed E-state index contributed by atoms with van der Waals surface area (Å²) >= 11 is 0. The second kappa shape index (κ2) is 8.64. The van der Waals surface area contributed by atoms with Crippen LogP contribution < -0.4 is 9.47 Å². The Morgan fingerprint density at radius 1 is 1.23 bits per heavy atom. The smallest absolute Gasteiger partial charge is 0.422 e. The van der Waals surface area contributed by atoms with Crippen LogP contribution in [0.2, 0.25) is 0 Å². The van der Waals surface area contributed by atoms with Crippen LogP contribution in [0.1, 0.15) is 17.7 Å². The highest BCUT2D eigenvalue weighted by Gasteiger charge is 2.29. The summed E-state index contributed by atoms with van der Waals surface area (Å²) in [5.41, 5.74) is 0.765. The number of nitrogens with zero attached hydrogens (tertiary/aromatic N) is 1. The Labute approximate surface area is 149 Å². The molecule has 0 saturated heterocycles. The molecule has 0 atom stereocenters. The average molecular weight is 371 g/mol. The van der Waals surface area contributed by atoms with Crippen molar-refractivity contribution in [3.05, 3.63) is 47.9 Å². The van der Waals surface area contributed by atoms with Crippen molar-refractivity contribution in [2.45, 2.75) is 25.6 Å². The highest BCUT2D eigenvalue weighted by molar-refractivity contribution is 5.76. The van der Waals surface area contributed by atoms with E-state index in [1.807, 2.05) is 0 Å². The van der Waals surface area contributed by atoms with Gasteiger partial charge in [0.25, 0.3) is 0 Å². The van der Waals surface area contributed by atoms with Gasteiger partial charge in [0.2, 0.25) is 5.91 Å². The maximum Gasteiger partial charge on any atom is 0.422 e. The van der Waals surface area contributed by atoms with Crippen LogP contribution in [-0.4, -0.2) is 37.7 Å². The van der Waals surface area contributed by atoms with Crippen molar-refractivity contribution in [1.82, 2.24) is 4.90 Å². The van der Waals surface area contributed by atoms with Crippen molar-refractivity contribution < 1.29 is 31.9 Å². The first-order valence-corrected chi connectivity index (χ1v) is 7.91. The number of aryl methyl sites for hydroxylation is 1. The third-order valence-corrected chi connectivity index (χ3v) is 3.65. The molecule has 1 aromatic carbocycles. The Morgan fingerprint density at radius 3 is 2.62 bits per heavy atom. The number of carbonyl (C=O) groups is 1. The molecule has 0 bridgehead atoms. The first-order valence-electron chi connectivity index (χ1n) is 7.91. The molecule has 0 unspecified atom stereocenters. The number of ether oxygens (including phenoxy) is 2. The topological polar surface area (TPSA) is 51.9 Å². The van der Waals surface area contributed by atoms with E-state index in [9.17, 15) is 18.0 Å². The van der Waals surface area contributed by atoms with Gasteiger partial charge in [-0.05, 0) is 36.2 Å². The van der Waals surface area contributed by atoms with E-state index in [2.05, 4.69) is 0 Å². The van der Waals surface area contributed by atoms with E-state index in [0.717, 1.165) is 5.56 Å². The van der Waals surface area contributed by atoms with Gasteiger partial charge in [-0.15, -0.1) is 0 Å². The number of hydrogen-bond donors (Lipinski definition) is 0. The van der Waals surface area contributed by atoms with Crippen molar-refractivity contribution in [3.63, 3.8) is 0 Å². The third kappa shape index (κ3) is 6.02. The summed E-state index contributed by atoms with van der Waals surface area (Å²) in [6.07, 6.45) is -2.20. The molecule has 0 spiro atoms. The van der Waals surface area contributed by atoms with Gasteiger partial charge in [0.15, 0.2) is 18.1 Å². The van der Waals surface area contributed by atoms with Crippen molar-refractivity contribution >= 4 is 5.91 Å². The molecule has 0 radical (unpaired) electrons. The van der Waals surface area contributed by atoms with Crippen molar-refractivity contribution in [1.29, 1.82) is 0 Å². The summed E-state index contributed by atoms with van der Waals surface area (Å²) in [5, 5.41) is 0. The van der Waals surface area contributed by atoms with Crippen LogP contribution in [0.15, 0.2) is 41.0 Å². The number of amides is 1. The lowest BCUT2D eigenvalue weighted by Gasteiger charge is -2.16. The zero-order valence-electron chi connectivity index (χ0n) is 14.5. The number of hydrogen-bond acceptors (Lipinski definition) is 4. The number of benzene rings is 1. The number of alkyl halides is 3. The highest BCUT2D eigenvalue weighted by atomic mass is 19.4. The van der Waals surface area contributed by atoms with E-state index in [1.54, 1.807) is 42.5 Å². The van der Waals surface area contributed by atoms with Crippen LogP contribution in [0.4, 0.5) is 13.2 Å². The van der Waals surface area contributed by atoms with Crippen LogP contribution >= 0.6 is 0 Å². The fraction of sp³-hybridized carbons (Fsp3) is 0.389. The molecule has 5 nitrogen and oxygen atoms in total.